The first-order chi connectivity index (χ1) is 7.88. The minimum atomic E-state index is -4.40. The van der Waals surface area contributed by atoms with Gasteiger partial charge in [-0.25, -0.2) is 0 Å². The van der Waals surface area contributed by atoms with Crippen LogP contribution in [0.1, 0.15) is 18.1 Å². The molecule has 3 N–H and O–H groups in total. The Morgan fingerprint density at radius 1 is 1.41 bits per heavy atom. The van der Waals surface area contributed by atoms with E-state index in [1.165, 1.54) is 17.8 Å². The minimum absolute atomic E-state index is 0.0787. The van der Waals surface area contributed by atoms with E-state index in [0.29, 0.717) is 4.90 Å². The Morgan fingerprint density at radius 2 is 2.06 bits per heavy atom. The van der Waals surface area contributed by atoms with Crippen molar-refractivity contribution in [3.8, 4) is 0 Å². The van der Waals surface area contributed by atoms with Crippen LogP contribution in [0, 0.1) is 0 Å². The van der Waals surface area contributed by atoms with Crippen molar-refractivity contribution in [1.29, 1.82) is 0 Å². The molecule has 1 aromatic rings. The third-order valence-corrected chi connectivity index (χ3v) is 3.28. The number of aliphatic hydroxyl groups is 1. The molecule has 1 aromatic carbocycles. The standard InChI is InChI=1S/C11H14F3NOS/c1-7(6-16)17-9-3-2-8(5-15)10(4-9)11(12,13)14/h2-4,7,16H,5-6,15H2,1H3. The summed E-state index contributed by atoms with van der Waals surface area (Å²) in [7, 11) is 0. The third-order valence-electron chi connectivity index (χ3n) is 2.20. The summed E-state index contributed by atoms with van der Waals surface area (Å²) in [5.41, 5.74) is 4.66. The van der Waals surface area contributed by atoms with Crippen LogP contribution in [0.15, 0.2) is 23.1 Å². The van der Waals surface area contributed by atoms with Crippen LogP contribution in [0.2, 0.25) is 0 Å². The SMILES string of the molecule is CC(CO)Sc1ccc(CN)c(C(F)(F)F)c1. The van der Waals surface area contributed by atoms with Crippen LogP contribution in [0.5, 0.6) is 0 Å². The lowest BCUT2D eigenvalue weighted by molar-refractivity contribution is -0.138. The number of nitrogens with two attached hydrogens (primary N) is 1. The highest BCUT2D eigenvalue weighted by Gasteiger charge is 2.33. The Morgan fingerprint density at radius 3 is 2.53 bits per heavy atom. The van der Waals surface area contributed by atoms with Crippen LogP contribution in [0.4, 0.5) is 13.2 Å². The van der Waals surface area contributed by atoms with E-state index in [0.717, 1.165) is 6.07 Å². The molecule has 0 amide bonds. The fourth-order valence-corrected chi connectivity index (χ4v) is 2.21. The fourth-order valence-electron chi connectivity index (χ4n) is 1.34. The molecule has 0 radical (unpaired) electrons. The first-order valence-electron chi connectivity index (χ1n) is 5.06. The number of benzene rings is 1. The molecule has 0 aliphatic heterocycles. The van der Waals surface area contributed by atoms with E-state index in [-0.39, 0.29) is 24.0 Å². The van der Waals surface area contributed by atoms with Gasteiger partial charge in [-0.1, -0.05) is 13.0 Å². The summed E-state index contributed by atoms with van der Waals surface area (Å²) in [6.45, 7) is 1.52. The van der Waals surface area contributed by atoms with Crippen molar-refractivity contribution in [2.75, 3.05) is 6.61 Å². The molecule has 0 saturated heterocycles. The summed E-state index contributed by atoms with van der Waals surface area (Å²) >= 11 is 1.20. The fraction of sp³-hybridized carbons (Fsp3) is 0.455. The number of thioether (sulfide) groups is 1. The lowest BCUT2D eigenvalue weighted by Gasteiger charge is -2.14. The van der Waals surface area contributed by atoms with Crippen LogP contribution in [-0.2, 0) is 12.7 Å². The topological polar surface area (TPSA) is 46.2 Å². The molecule has 0 heterocycles. The summed E-state index contributed by atoms with van der Waals surface area (Å²) in [6, 6.07) is 4.06. The van der Waals surface area contributed by atoms with E-state index in [2.05, 4.69) is 0 Å². The molecule has 0 aliphatic carbocycles. The minimum Gasteiger partial charge on any atom is -0.395 e. The van der Waals surface area contributed by atoms with E-state index in [1.54, 1.807) is 13.0 Å². The number of alkyl halides is 3. The second-order valence-corrected chi connectivity index (χ2v) is 5.14. The molecule has 6 heteroatoms. The van der Waals surface area contributed by atoms with Gasteiger partial charge in [-0.3, -0.25) is 0 Å². The maximum Gasteiger partial charge on any atom is 0.416 e. The molecule has 0 saturated carbocycles. The van der Waals surface area contributed by atoms with Crippen LogP contribution >= 0.6 is 11.8 Å². The monoisotopic (exact) mass is 265 g/mol. The smallest absolute Gasteiger partial charge is 0.395 e. The second-order valence-electron chi connectivity index (χ2n) is 3.63. The van der Waals surface area contributed by atoms with Crippen LogP contribution in [-0.4, -0.2) is 17.0 Å². The largest absolute Gasteiger partial charge is 0.416 e. The molecule has 1 rings (SSSR count). The van der Waals surface area contributed by atoms with Crippen molar-refractivity contribution in [3.63, 3.8) is 0 Å². The Bertz CT molecular complexity index is 381. The number of hydrogen-bond acceptors (Lipinski definition) is 3. The summed E-state index contributed by atoms with van der Waals surface area (Å²) in [5.74, 6) is 0. The van der Waals surface area contributed by atoms with Gasteiger partial charge in [0.15, 0.2) is 0 Å². The summed E-state index contributed by atoms with van der Waals surface area (Å²) in [5, 5.41) is 8.72. The second kappa shape index (κ2) is 5.75. The van der Waals surface area contributed by atoms with Crippen molar-refractivity contribution in [2.45, 2.75) is 29.8 Å². The normalized spacial score (nSPS) is 13.8. The van der Waals surface area contributed by atoms with Gasteiger partial charge in [-0.15, -0.1) is 11.8 Å². The highest BCUT2D eigenvalue weighted by atomic mass is 32.2. The number of rotatable bonds is 4. The average molecular weight is 265 g/mol. The predicted octanol–water partition coefficient (Wildman–Crippen LogP) is 2.64. The zero-order valence-electron chi connectivity index (χ0n) is 9.29. The molecule has 0 bridgehead atoms. The molecule has 0 spiro atoms. The average Bonchev–Trinajstić information content (AvgIpc) is 2.27. The molecule has 17 heavy (non-hydrogen) atoms. The van der Waals surface area contributed by atoms with Crippen molar-refractivity contribution < 1.29 is 18.3 Å². The lowest BCUT2D eigenvalue weighted by Crippen LogP contribution is -2.12. The molecule has 0 aliphatic rings. The van der Waals surface area contributed by atoms with Gasteiger partial charge < -0.3 is 10.8 Å². The van der Waals surface area contributed by atoms with Crippen LogP contribution < -0.4 is 5.73 Å². The summed E-state index contributed by atoms with van der Waals surface area (Å²) < 4.78 is 38.2. The predicted molar refractivity (Wildman–Crippen MR) is 61.7 cm³/mol. The molecule has 2 nitrogen and oxygen atoms in total. The van der Waals surface area contributed by atoms with E-state index >= 15 is 0 Å². The van der Waals surface area contributed by atoms with E-state index < -0.39 is 11.7 Å². The van der Waals surface area contributed by atoms with Crippen molar-refractivity contribution in [1.82, 2.24) is 0 Å². The number of hydrogen-bond donors (Lipinski definition) is 2. The molecule has 96 valence electrons. The van der Waals surface area contributed by atoms with E-state index in [4.69, 9.17) is 10.8 Å². The molecule has 1 atom stereocenters. The van der Waals surface area contributed by atoms with Crippen LogP contribution in [0.3, 0.4) is 0 Å². The lowest BCUT2D eigenvalue weighted by atomic mass is 10.1. The Hall–Kier alpha value is -0.720. The molecule has 0 aromatic heterocycles. The number of aliphatic hydroxyl groups excluding tert-OH is 1. The summed E-state index contributed by atoms with van der Waals surface area (Å²) in [4.78, 5) is 0.482. The van der Waals surface area contributed by atoms with Crippen molar-refractivity contribution >= 4 is 11.8 Å². The highest BCUT2D eigenvalue weighted by Crippen LogP contribution is 2.35. The highest BCUT2D eigenvalue weighted by molar-refractivity contribution is 8.00. The molecular formula is C11H14F3NOS. The Kier molecular flexibility index (Phi) is 4.85. The Balaban J connectivity index is 3.05. The quantitative estimate of drug-likeness (QED) is 0.823. The zero-order valence-corrected chi connectivity index (χ0v) is 10.1. The van der Waals surface area contributed by atoms with Gasteiger partial charge in [-0.2, -0.15) is 13.2 Å². The van der Waals surface area contributed by atoms with Crippen LogP contribution in [0.25, 0.3) is 0 Å². The van der Waals surface area contributed by atoms with E-state index in [1.807, 2.05) is 0 Å². The first-order valence-corrected chi connectivity index (χ1v) is 5.94. The van der Waals surface area contributed by atoms with Gasteiger partial charge >= 0.3 is 6.18 Å². The molecule has 1 unspecified atom stereocenters. The van der Waals surface area contributed by atoms with Gasteiger partial charge in [0.2, 0.25) is 0 Å². The Labute approximate surface area is 102 Å². The van der Waals surface area contributed by atoms with Gasteiger partial charge in [-0.05, 0) is 17.7 Å². The van der Waals surface area contributed by atoms with Gasteiger partial charge in [0, 0.05) is 16.7 Å². The van der Waals surface area contributed by atoms with Gasteiger partial charge in [0.25, 0.3) is 0 Å². The van der Waals surface area contributed by atoms with Gasteiger partial charge in [0.05, 0.1) is 12.2 Å². The maximum absolute atomic E-state index is 12.7. The zero-order chi connectivity index (χ0) is 13.1. The molecular weight excluding hydrogens is 251 g/mol. The van der Waals surface area contributed by atoms with Crippen molar-refractivity contribution in [2.24, 2.45) is 5.73 Å². The number of halogens is 3. The van der Waals surface area contributed by atoms with Crippen molar-refractivity contribution in [3.05, 3.63) is 29.3 Å². The van der Waals surface area contributed by atoms with E-state index in [9.17, 15) is 13.2 Å². The maximum atomic E-state index is 12.7. The molecule has 0 fully saturated rings. The van der Waals surface area contributed by atoms with Gasteiger partial charge in [0.1, 0.15) is 0 Å². The third kappa shape index (κ3) is 3.90. The summed E-state index contributed by atoms with van der Waals surface area (Å²) in [6.07, 6.45) is -4.40. The first kappa shape index (κ1) is 14.3.